The van der Waals surface area contributed by atoms with Crippen molar-refractivity contribution in [2.45, 2.75) is 38.3 Å². The second kappa shape index (κ2) is 6.71. The lowest BCUT2D eigenvalue weighted by Gasteiger charge is -2.36. The van der Waals surface area contributed by atoms with Crippen LogP contribution < -0.4 is 0 Å². The third-order valence-electron chi connectivity index (χ3n) is 4.90. The summed E-state index contributed by atoms with van der Waals surface area (Å²) in [7, 11) is 0. The smallest absolute Gasteiger partial charge is 0.303 e. The normalized spacial score (nSPS) is 20.6. The van der Waals surface area contributed by atoms with Crippen molar-refractivity contribution in [2.75, 3.05) is 6.54 Å². The topological polar surface area (TPSA) is 46.6 Å². The quantitative estimate of drug-likeness (QED) is 0.803. The fraction of sp³-hybridized carbons (Fsp3) is 0.333. The number of hydrogen-bond donors (Lipinski definition) is 0. The van der Waals surface area contributed by atoms with Gasteiger partial charge in [-0.2, -0.15) is 0 Å². The van der Waals surface area contributed by atoms with Gasteiger partial charge in [-0.15, -0.1) is 0 Å². The lowest BCUT2D eigenvalue weighted by Crippen LogP contribution is -2.43. The van der Waals surface area contributed by atoms with Gasteiger partial charge in [-0.05, 0) is 25.0 Å². The first-order chi connectivity index (χ1) is 11.9. The summed E-state index contributed by atoms with van der Waals surface area (Å²) in [6, 6.07) is 19.5. The lowest BCUT2D eigenvalue weighted by molar-refractivity contribution is -0.146. The van der Waals surface area contributed by atoms with Crippen molar-refractivity contribution < 1.29 is 14.3 Å². The highest BCUT2D eigenvalue weighted by Gasteiger charge is 2.48. The molecule has 2 aromatic carbocycles. The highest BCUT2D eigenvalue weighted by atomic mass is 16.5. The van der Waals surface area contributed by atoms with Crippen LogP contribution in [0, 0.1) is 0 Å². The highest BCUT2D eigenvalue weighted by molar-refractivity contribution is 5.88. The molecule has 2 aromatic rings. The number of amides is 1. The lowest BCUT2D eigenvalue weighted by atomic mass is 9.92. The third kappa shape index (κ3) is 3.29. The maximum atomic E-state index is 13.3. The molecule has 0 aromatic heterocycles. The first kappa shape index (κ1) is 17.2. The molecule has 1 amide bonds. The van der Waals surface area contributed by atoms with E-state index in [1.165, 1.54) is 6.92 Å². The number of rotatable bonds is 4. The maximum Gasteiger partial charge on any atom is 0.303 e. The molecule has 0 bridgehead atoms. The van der Waals surface area contributed by atoms with Gasteiger partial charge in [0.25, 0.3) is 0 Å². The number of nitrogens with zero attached hydrogens (tertiary/aromatic N) is 1. The van der Waals surface area contributed by atoms with Crippen molar-refractivity contribution >= 4 is 11.9 Å². The van der Waals surface area contributed by atoms with E-state index in [0.29, 0.717) is 6.54 Å². The molecule has 25 heavy (non-hydrogen) atoms. The van der Waals surface area contributed by atoms with Crippen molar-refractivity contribution in [3.8, 4) is 0 Å². The number of benzene rings is 2. The second-order valence-corrected chi connectivity index (χ2v) is 6.91. The number of likely N-dealkylation sites (tertiary alicyclic amines) is 1. The van der Waals surface area contributed by atoms with Gasteiger partial charge in [0.15, 0.2) is 0 Å². The number of carbonyl (C=O) groups is 2. The average Bonchev–Trinajstić information content (AvgIpc) is 2.92. The van der Waals surface area contributed by atoms with E-state index in [0.717, 1.165) is 11.1 Å². The summed E-state index contributed by atoms with van der Waals surface area (Å²) in [5.74, 6) is -0.836. The van der Waals surface area contributed by atoms with Crippen LogP contribution in [-0.2, 0) is 19.9 Å². The summed E-state index contributed by atoms with van der Waals surface area (Å²) in [4.78, 5) is 26.6. The van der Waals surface area contributed by atoms with Crippen LogP contribution >= 0.6 is 0 Å². The Balaban J connectivity index is 1.97. The van der Waals surface area contributed by atoms with Crippen LogP contribution in [0.1, 0.15) is 37.8 Å². The van der Waals surface area contributed by atoms with Crippen LogP contribution in [0.4, 0.5) is 0 Å². The van der Waals surface area contributed by atoms with Crippen LogP contribution in [0.5, 0.6) is 0 Å². The Morgan fingerprint density at radius 3 is 2.16 bits per heavy atom. The average molecular weight is 337 g/mol. The van der Waals surface area contributed by atoms with Gasteiger partial charge in [0.1, 0.15) is 12.0 Å². The fourth-order valence-corrected chi connectivity index (χ4v) is 3.54. The molecule has 130 valence electrons. The molecule has 2 unspecified atom stereocenters. The van der Waals surface area contributed by atoms with E-state index < -0.39 is 17.6 Å². The van der Waals surface area contributed by atoms with Crippen molar-refractivity contribution in [3.05, 3.63) is 71.8 Å². The van der Waals surface area contributed by atoms with E-state index in [-0.39, 0.29) is 11.9 Å². The molecule has 4 heteroatoms. The minimum atomic E-state index is -0.486. The van der Waals surface area contributed by atoms with E-state index in [1.807, 2.05) is 79.4 Å². The molecule has 0 saturated carbocycles. The molecule has 0 radical (unpaired) electrons. The Bertz CT molecular complexity index is 755. The Morgan fingerprint density at radius 2 is 1.60 bits per heavy atom. The van der Waals surface area contributed by atoms with Crippen LogP contribution in [0.2, 0.25) is 0 Å². The van der Waals surface area contributed by atoms with Gasteiger partial charge >= 0.3 is 5.97 Å². The standard InChI is InChI=1S/C21H23NO3/c1-15(23)25-18-14-22(21(2,3)17-12-8-5-9-13-17)20(24)19(18)16-10-6-4-7-11-16/h4-13,18-19H,14H2,1-3H3. The van der Waals surface area contributed by atoms with Gasteiger partial charge in [0.05, 0.1) is 12.1 Å². The minimum absolute atomic E-state index is 0.00805. The van der Waals surface area contributed by atoms with E-state index in [2.05, 4.69) is 0 Å². The van der Waals surface area contributed by atoms with Gasteiger partial charge in [-0.1, -0.05) is 60.7 Å². The molecule has 1 aliphatic rings. The molecule has 1 heterocycles. The van der Waals surface area contributed by atoms with Crippen LogP contribution in [0.25, 0.3) is 0 Å². The number of hydrogen-bond acceptors (Lipinski definition) is 3. The Kier molecular flexibility index (Phi) is 4.62. The zero-order valence-electron chi connectivity index (χ0n) is 14.8. The Labute approximate surface area is 148 Å². The zero-order valence-corrected chi connectivity index (χ0v) is 14.8. The minimum Gasteiger partial charge on any atom is -0.459 e. The monoisotopic (exact) mass is 337 g/mol. The molecule has 1 fully saturated rings. The van der Waals surface area contributed by atoms with Crippen molar-refractivity contribution in [2.24, 2.45) is 0 Å². The molecule has 3 rings (SSSR count). The summed E-state index contributed by atoms with van der Waals surface area (Å²) in [5, 5.41) is 0. The van der Waals surface area contributed by atoms with E-state index in [4.69, 9.17) is 4.74 Å². The van der Waals surface area contributed by atoms with Crippen molar-refractivity contribution in [3.63, 3.8) is 0 Å². The summed E-state index contributed by atoms with van der Waals surface area (Å²) < 4.78 is 5.51. The number of carbonyl (C=O) groups excluding carboxylic acids is 2. The summed E-state index contributed by atoms with van der Waals surface area (Å²) in [6.07, 6.45) is -0.476. The zero-order chi connectivity index (χ0) is 18.0. The number of ether oxygens (including phenoxy) is 1. The molecule has 0 spiro atoms. The Morgan fingerprint density at radius 1 is 1.04 bits per heavy atom. The molecule has 0 aliphatic carbocycles. The summed E-state index contributed by atoms with van der Waals surface area (Å²) in [5.41, 5.74) is 1.45. The largest absolute Gasteiger partial charge is 0.459 e. The predicted octanol–water partition coefficient (Wildman–Crippen LogP) is 3.48. The van der Waals surface area contributed by atoms with Crippen LogP contribution in [-0.4, -0.2) is 29.4 Å². The molecule has 1 saturated heterocycles. The van der Waals surface area contributed by atoms with Crippen molar-refractivity contribution in [1.82, 2.24) is 4.90 Å². The molecular formula is C21H23NO3. The summed E-state index contributed by atoms with van der Waals surface area (Å²) >= 11 is 0. The molecule has 0 N–H and O–H groups in total. The van der Waals surface area contributed by atoms with Gasteiger partial charge < -0.3 is 9.64 Å². The fourth-order valence-electron chi connectivity index (χ4n) is 3.54. The first-order valence-corrected chi connectivity index (χ1v) is 8.50. The predicted molar refractivity (Wildman–Crippen MR) is 95.9 cm³/mol. The molecule has 4 nitrogen and oxygen atoms in total. The summed E-state index contributed by atoms with van der Waals surface area (Å²) in [6.45, 7) is 5.83. The van der Waals surface area contributed by atoms with E-state index in [9.17, 15) is 9.59 Å². The molecule has 1 aliphatic heterocycles. The van der Waals surface area contributed by atoms with Crippen molar-refractivity contribution in [1.29, 1.82) is 0 Å². The third-order valence-corrected chi connectivity index (χ3v) is 4.90. The van der Waals surface area contributed by atoms with Crippen LogP contribution in [0.15, 0.2) is 60.7 Å². The van der Waals surface area contributed by atoms with Gasteiger partial charge in [0, 0.05) is 6.92 Å². The number of esters is 1. The molecular weight excluding hydrogens is 314 g/mol. The first-order valence-electron chi connectivity index (χ1n) is 8.50. The van der Waals surface area contributed by atoms with Crippen LogP contribution in [0.3, 0.4) is 0 Å². The van der Waals surface area contributed by atoms with Gasteiger partial charge in [0.2, 0.25) is 5.91 Å². The van der Waals surface area contributed by atoms with E-state index in [1.54, 1.807) is 0 Å². The van der Waals surface area contributed by atoms with Gasteiger partial charge in [-0.25, -0.2) is 0 Å². The SMILES string of the molecule is CC(=O)OC1CN(C(C)(C)c2ccccc2)C(=O)C1c1ccccc1. The van der Waals surface area contributed by atoms with Gasteiger partial charge in [-0.3, -0.25) is 9.59 Å². The Hall–Kier alpha value is -2.62. The highest BCUT2D eigenvalue weighted by Crippen LogP contribution is 2.39. The maximum absolute atomic E-state index is 13.3. The van der Waals surface area contributed by atoms with E-state index >= 15 is 0 Å². The molecule has 2 atom stereocenters. The second-order valence-electron chi connectivity index (χ2n) is 6.91.